The van der Waals surface area contributed by atoms with Crippen LogP contribution in [0.1, 0.15) is 12.0 Å². The van der Waals surface area contributed by atoms with Crippen LogP contribution >= 0.6 is 0 Å². The van der Waals surface area contributed by atoms with Crippen LogP contribution in [-0.4, -0.2) is 6.04 Å². The van der Waals surface area contributed by atoms with Gasteiger partial charge < -0.3 is 5.73 Å². The number of nitrogens with two attached hydrogens (primary N) is 1. The van der Waals surface area contributed by atoms with Crippen LogP contribution in [0.15, 0.2) is 36.4 Å². The SMILES string of the molecule is [CH2]C(N)CC=Cc1ccccc1. The van der Waals surface area contributed by atoms with Crippen LogP contribution in [-0.2, 0) is 0 Å². The van der Waals surface area contributed by atoms with Crippen molar-refractivity contribution in [3.05, 3.63) is 48.9 Å². The molecule has 0 amide bonds. The number of rotatable bonds is 3. The van der Waals surface area contributed by atoms with Gasteiger partial charge in [0.05, 0.1) is 0 Å². The van der Waals surface area contributed by atoms with E-state index in [-0.39, 0.29) is 6.04 Å². The molecule has 1 rings (SSSR count). The lowest BCUT2D eigenvalue weighted by Gasteiger charge is -1.97. The van der Waals surface area contributed by atoms with E-state index in [1.807, 2.05) is 24.3 Å². The average Bonchev–Trinajstić information content (AvgIpc) is 2.05. The molecule has 2 N–H and O–H groups in total. The standard InChI is InChI=1S/C11H14N/c1-10(12)6-5-9-11-7-3-2-4-8-11/h2-5,7-10H,1,6,12H2. The molecule has 0 heterocycles. The van der Waals surface area contributed by atoms with Crippen molar-refractivity contribution in [1.29, 1.82) is 0 Å². The van der Waals surface area contributed by atoms with E-state index < -0.39 is 0 Å². The molecule has 1 heteroatoms. The summed E-state index contributed by atoms with van der Waals surface area (Å²) in [7, 11) is 0. The predicted molar refractivity (Wildman–Crippen MR) is 53.4 cm³/mol. The molecule has 63 valence electrons. The normalized spacial score (nSPS) is 13.5. The van der Waals surface area contributed by atoms with Gasteiger partial charge in [-0.3, -0.25) is 0 Å². The molecule has 0 saturated carbocycles. The van der Waals surface area contributed by atoms with Crippen LogP contribution in [0.3, 0.4) is 0 Å². The molecule has 0 fully saturated rings. The van der Waals surface area contributed by atoms with Crippen LogP contribution in [0.4, 0.5) is 0 Å². The topological polar surface area (TPSA) is 26.0 Å². The highest BCUT2D eigenvalue weighted by atomic mass is 14.6. The van der Waals surface area contributed by atoms with Gasteiger partial charge in [0, 0.05) is 6.04 Å². The Morgan fingerprint density at radius 3 is 2.58 bits per heavy atom. The molecule has 1 nitrogen and oxygen atoms in total. The van der Waals surface area contributed by atoms with Crippen molar-refractivity contribution in [1.82, 2.24) is 0 Å². The summed E-state index contributed by atoms with van der Waals surface area (Å²) in [6.45, 7) is 3.70. The van der Waals surface area contributed by atoms with E-state index in [1.165, 1.54) is 5.56 Å². The zero-order chi connectivity index (χ0) is 8.81. The van der Waals surface area contributed by atoms with E-state index in [1.54, 1.807) is 0 Å². The number of hydrogen-bond acceptors (Lipinski definition) is 1. The maximum Gasteiger partial charge on any atom is 0.00741 e. The van der Waals surface area contributed by atoms with Gasteiger partial charge in [0.1, 0.15) is 0 Å². The molecular weight excluding hydrogens is 146 g/mol. The Morgan fingerprint density at radius 1 is 1.33 bits per heavy atom. The van der Waals surface area contributed by atoms with Crippen LogP contribution in [0.25, 0.3) is 6.08 Å². The molecule has 0 saturated heterocycles. The molecule has 0 bridgehead atoms. The highest BCUT2D eigenvalue weighted by molar-refractivity contribution is 5.48. The molecule has 1 unspecified atom stereocenters. The predicted octanol–water partition coefficient (Wildman–Crippen LogP) is 2.25. The van der Waals surface area contributed by atoms with Gasteiger partial charge in [-0.05, 0) is 18.9 Å². The zero-order valence-corrected chi connectivity index (χ0v) is 7.11. The lowest BCUT2D eigenvalue weighted by atomic mass is 10.2. The lowest BCUT2D eigenvalue weighted by Crippen LogP contribution is -2.13. The van der Waals surface area contributed by atoms with Crippen LogP contribution in [0.2, 0.25) is 0 Å². The minimum Gasteiger partial charge on any atom is -0.327 e. The molecule has 0 spiro atoms. The van der Waals surface area contributed by atoms with Gasteiger partial charge in [-0.1, -0.05) is 42.5 Å². The number of hydrogen-bond donors (Lipinski definition) is 1. The Labute approximate surface area is 73.9 Å². The third-order valence-corrected chi connectivity index (χ3v) is 1.55. The molecule has 1 radical (unpaired) electrons. The van der Waals surface area contributed by atoms with Crippen molar-refractivity contribution in [3.8, 4) is 0 Å². The molecule has 1 aromatic carbocycles. The third kappa shape index (κ3) is 3.35. The number of benzene rings is 1. The lowest BCUT2D eigenvalue weighted by molar-refractivity contribution is 0.833. The van der Waals surface area contributed by atoms with Crippen molar-refractivity contribution >= 4 is 6.08 Å². The first-order valence-corrected chi connectivity index (χ1v) is 4.09. The second-order valence-corrected chi connectivity index (χ2v) is 2.81. The Bertz CT molecular complexity index is 236. The summed E-state index contributed by atoms with van der Waals surface area (Å²) in [4.78, 5) is 0. The van der Waals surface area contributed by atoms with E-state index in [4.69, 9.17) is 5.73 Å². The van der Waals surface area contributed by atoms with Crippen LogP contribution in [0, 0.1) is 6.92 Å². The molecule has 0 aliphatic rings. The van der Waals surface area contributed by atoms with E-state index >= 15 is 0 Å². The summed E-state index contributed by atoms with van der Waals surface area (Å²) in [6, 6.07) is 10.2. The van der Waals surface area contributed by atoms with Crippen molar-refractivity contribution < 1.29 is 0 Å². The van der Waals surface area contributed by atoms with Crippen molar-refractivity contribution in [2.45, 2.75) is 12.5 Å². The molecular formula is C11H14N. The Kier molecular flexibility index (Phi) is 3.55. The summed E-state index contributed by atoms with van der Waals surface area (Å²) < 4.78 is 0. The first-order valence-electron chi connectivity index (χ1n) is 4.09. The molecule has 1 atom stereocenters. The molecule has 1 aromatic rings. The quantitative estimate of drug-likeness (QED) is 0.721. The van der Waals surface area contributed by atoms with Gasteiger partial charge in [0.2, 0.25) is 0 Å². The average molecular weight is 160 g/mol. The Morgan fingerprint density at radius 2 is 2.00 bits per heavy atom. The molecule has 12 heavy (non-hydrogen) atoms. The summed E-state index contributed by atoms with van der Waals surface area (Å²) >= 11 is 0. The van der Waals surface area contributed by atoms with Gasteiger partial charge in [-0.25, -0.2) is 0 Å². The minimum absolute atomic E-state index is 0.00459. The summed E-state index contributed by atoms with van der Waals surface area (Å²) in [5.74, 6) is 0. The molecule has 0 aliphatic carbocycles. The van der Waals surface area contributed by atoms with Gasteiger partial charge in [0.15, 0.2) is 0 Å². The fourth-order valence-corrected chi connectivity index (χ4v) is 0.943. The van der Waals surface area contributed by atoms with Gasteiger partial charge in [-0.15, -0.1) is 0 Å². The summed E-state index contributed by atoms with van der Waals surface area (Å²) in [5.41, 5.74) is 6.70. The maximum atomic E-state index is 5.49. The molecule has 0 aromatic heterocycles. The fraction of sp³-hybridized carbons (Fsp3) is 0.182. The van der Waals surface area contributed by atoms with Crippen molar-refractivity contribution in [2.24, 2.45) is 5.73 Å². The van der Waals surface area contributed by atoms with Crippen LogP contribution < -0.4 is 5.73 Å². The van der Waals surface area contributed by atoms with E-state index in [0.717, 1.165) is 6.42 Å². The Hall–Kier alpha value is -1.08. The monoisotopic (exact) mass is 160 g/mol. The second-order valence-electron chi connectivity index (χ2n) is 2.81. The van der Waals surface area contributed by atoms with Gasteiger partial charge in [-0.2, -0.15) is 0 Å². The first kappa shape index (κ1) is 9.01. The highest BCUT2D eigenvalue weighted by Gasteiger charge is 1.87. The zero-order valence-electron chi connectivity index (χ0n) is 7.11. The largest absolute Gasteiger partial charge is 0.327 e. The third-order valence-electron chi connectivity index (χ3n) is 1.55. The van der Waals surface area contributed by atoms with Crippen molar-refractivity contribution in [2.75, 3.05) is 0 Å². The first-order chi connectivity index (χ1) is 5.79. The van der Waals surface area contributed by atoms with Gasteiger partial charge >= 0.3 is 0 Å². The summed E-state index contributed by atoms with van der Waals surface area (Å²) in [6.07, 6.45) is 4.94. The van der Waals surface area contributed by atoms with E-state index in [9.17, 15) is 0 Å². The highest BCUT2D eigenvalue weighted by Crippen LogP contribution is 2.02. The molecule has 0 aliphatic heterocycles. The van der Waals surface area contributed by atoms with Crippen molar-refractivity contribution in [3.63, 3.8) is 0 Å². The van der Waals surface area contributed by atoms with Crippen LogP contribution in [0.5, 0.6) is 0 Å². The Balaban J connectivity index is 2.47. The summed E-state index contributed by atoms with van der Waals surface area (Å²) in [5, 5.41) is 0. The smallest absolute Gasteiger partial charge is 0.00741 e. The minimum atomic E-state index is 0.00459. The van der Waals surface area contributed by atoms with E-state index in [2.05, 4.69) is 25.1 Å². The fourth-order valence-electron chi connectivity index (χ4n) is 0.943. The van der Waals surface area contributed by atoms with Gasteiger partial charge in [0.25, 0.3) is 0 Å². The second kappa shape index (κ2) is 4.73. The van der Waals surface area contributed by atoms with E-state index in [0.29, 0.717) is 0 Å². The maximum absolute atomic E-state index is 5.49.